The minimum absolute atomic E-state index is 0.214. The largest absolute Gasteiger partial charge is 0.348 e. The highest BCUT2D eigenvalue weighted by Gasteiger charge is 2.08. The van der Waals surface area contributed by atoms with E-state index in [9.17, 15) is 9.18 Å². The highest BCUT2D eigenvalue weighted by atomic mass is 19.1. The van der Waals surface area contributed by atoms with Gasteiger partial charge in [0.05, 0.1) is 0 Å². The smallest absolute Gasteiger partial charge is 0.251 e. The molecule has 0 bridgehead atoms. The molecule has 0 fully saturated rings. The second-order valence-corrected chi connectivity index (χ2v) is 6.89. The van der Waals surface area contributed by atoms with Gasteiger partial charge in [-0.2, -0.15) is 0 Å². The molecule has 0 aliphatic carbocycles. The van der Waals surface area contributed by atoms with E-state index in [1.54, 1.807) is 48.8 Å². The number of rotatable bonds is 6. The van der Waals surface area contributed by atoms with Crippen molar-refractivity contribution in [2.45, 2.75) is 6.54 Å². The van der Waals surface area contributed by atoms with E-state index in [0.717, 1.165) is 5.56 Å². The normalized spacial score (nSPS) is 10.5. The van der Waals surface area contributed by atoms with E-state index in [4.69, 9.17) is 7.85 Å². The lowest BCUT2D eigenvalue weighted by atomic mass is 9.91. The quantitative estimate of drug-likeness (QED) is 0.477. The molecule has 0 aliphatic heterocycles. The molecule has 4 aromatic rings. The van der Waals surface area contributed by atoms with Crippen LogP contribution in [0, 0.1) is 5.82 Å². The number of amides is 1. The zero-order valence-corrected chi connectivity index (χ0v) is 16.5. The van der Waals surface area contributed by atoms with Crippen molar-refractivity contribution in [3.05, 3.63) is 102 Å². The summed E-state index contributed by atoms with van der Waals surface area (Å²) in [6.45, 7) is 0.341. The van der Waals surface area contributed by atoms with Gasteiger partial charge in [0, 0.05) is 35.8 Å². The number of aromatic nitrogens is 2. The fraction of sp³-hybridized carbons (Fsp3) is 0.0417. The molecule has 0 atom stereocenters. The lowest BCUT2D eigenvalue weighted by molar-refractivity contribution is 0.0951. The lowest BCUT2D eigenvalue weighted by Gasteiger charge is -2.10. The zero-order chi connectivity index (χ0) is 21.6. The third-order valence-electron chi connectivity index (χ3n) is 4.69. The minimum Gasteiger partial charge on any atom is -0.348 e. The third kappa shape index (κ3) is 5.14. The molecule has 0 saturated heterocycles. The standard InChI is InChI=1S/C24H18BFN4O/c25-22-10-2-1-5-18(22)13-27-23(31)17-7-4-9-21(12-17)30-24-28-14-19(15-29-24)16-6-3-8-20(26)11-16/h1-12,14-15H,13H2,(H,27,31)(H,28,29,30). The maximum absolute atomic E-state index is 13.4. The summed E-state index contributed by atoms with van der Waals surface area (Å²) in [5, 5.41) is 5.94. The van der Waals surface area contributed by atoms with Gasteiger partial charge in [0.15, 0.2) is 0 Å². The number of hydrogen-bond acceptors (Lipinski definition) is 4. The first kappa shape index (κ1) is 20.3. The fourth-order valence-corrected chi connectivity index (χ4v) is 3.05. The van der Waals surface area contributed by atoms with Gasteiger partial charge in [0.25, 0.3) is 5.91 Å². The maximum Gasteiger partial charge on any atom is 0.251 e. The van der Waals surface area contributed by atoms with Crippen LogP contribution >= 0.6 is 0 Å². The first-order valence-electron chi connectivity index (χ1n) is 9.65. The van der Waals surface area contributed by atoms with Gasteiger partial charge in [0.2, 0.25) is 5.95 Å². The van der Waals surface area contributed by atoms with Crippen LogP contribution < -0.4 is 16.1 Å². The van der Waals surface area contributed by atoms with Crippen LogP contribution in [0.5, 0.6) is 0 Å². The fourth-order valence-electron chi connectivity index (χ4n) is 3.05. The molecule has 2 radical (unpaired) electrons. The Morgan fingerprint density at radius 2 is 1.68 bits per heavy atom. The zero-order valence-electron chi connectivity index (χ0n) is 16.5. The molecule has 0 spiro atoms. The minimum atomic E-state index is -0.315. The van der Waals surface area contributed by atoms with Crippen LogP contribution in [-0.4, -0.2) is 23.7 Å². The molecule has 0 saturated carbocycles. The number of nitrogens with one attached hydrogen (secondary N) is 2. The van der Waals surface area contributed by atoms with Crippen molar-refractivity contribution >= 4 is 30.9 Å². The number of anilines is 2. The Morgan fingerprint density at radius 1 is 0.903 bits per heavy atom. The van der Waals surface area contributed by atoms with Crippen molar-refractivity contribution in [2.24, 2.45) is 0 Å². The topological polar surface area (TPSA) is 66.9 Å². The van der Waals surface area contributed by atoms with Crippen LogP contribution in [0.4, 0.5) is 16.0 Å². The van der Waals surface area contributed by atoms with Crippen molar-refractivity contribution in [2.75, 3.05) is 5.32 Å². The highest BCUT2D eigenvalue weighted by Crippen LogP contribution is 2.20. The molecule has 1 heterocycles. The summed E-state index contributed by atoms with van der Waals surface area (Å²) in [5.41, 5.74) is 4.07. The molecule has 150 valence electrons. The molecule has 1 aromatic heterocycles. The van der Waals surface area contributed by atoms with E-state index >= 15 is 0 Å². The van der Waals surface area contributed by atoms with Gasteiger partial charge in [-0.25, -0.2) is 14.4 Å². The Bertz CT molecular complexity index is 1210. The van der Waals surface area contributed by atoms with Crippen LogP contribution in [-0.2, 0) is 6.54 Å². The average molecular weight is 408 g/mol. The highest BCUT2D eigenvalue weighted by molar-refractivity contribution is 6.33. The molecule has 2 N–H and O–H groups in total. The van der Waals surface area contributed by atoms with Gasteiger partial charge >= 0.3 is 0 Å². The summed E-state index contributed by atoms with van der Waals surface area (Å²) >= 11 is 0. The number of carbonyl (C=O) groups excluding carboxylic acids is 1. The second kappa shape index (κ2) is 9.22. The van der Waals surface area contributed by atoms with Crippen molar-refractivity contribution in [3.8, 4) is 11.1 Å². The van der Waals surface area contributed by atoms with E-state index < -0.39 is 0 Å². The van der Waals surface area contributed by atoms with E-state index in [1.165, 1.54) is 12.1 Å². The van der Waals surface area contributed by atoms with Gasteiger partial charge < -0.3 is 10.6 Å². The van der Waals surface area contributed by atoms with Crippen LogP contribution in [0.1, 0.15) is 15.9 Å². The third-order valence-corrected chi connectivity index (χ3v) is 4.69. The summed E-state index contributed by atoms with van der Waals surface area (Å²) in [7, 11) is 5.92. The predicted molar refractivity (Wildman–Crippen MR) is 120 cm³/mol. The van der Waals surface area contributed by atoms with Crippen molar-refractivity contribution in [3.63, 3.8) is 0 Å². The Hall–Kier alpha value is -4.00. The van der Waals surface area contributed by atoms with Crippen molar-refractivity contribution < 1.29 is 9.18 Å². The van der Waals surface area contributed by atoms with Gasteiger partial charge in [-0.3, -0.25) is 4.79 Å². The van der Waals surface area contributed by atoms with Crippen LogP contribution in [0.25, 0.3) is 11.1 Å². The van der Waals surface area contributed by atoms with Crippen LogP contribution in [0.15, 0.2) is 85.2 Å². The Kier molecular flexibility index (Phi) is 6.03. The Morgan fingerprint density at radius 3 is 2.45 bits per heavy atom. The summed E-state index contributed by atoms with van der Waals surface area (Å²) in [6.07, 6.45) is 3.23. The van der Waals surface area contributed by atoms with E-state index in [1.807, 2.05) is 24.3 Å². The molecule has 3 aromatic carbocycles. The second-order valence-electron chi connectivity index (χ2n) is 6.89. The molecule has 0 unspecified atom stereocenters. The van der Waals surface area contributed by atoms with Crippen LogP contribution in [0.2, 0.25) is 0 Å². The first-order chi connectivity index (χ1) is 15.1. The molecule has 5 nitrogen and oxygen atoms in total. The molecular weight excluding hydrogens is 390 g/mol. The van der Waals surface area contributed by atoms with Gasteiger partial charge in [0.1, 0.15) is 13.7 Å². The van der Waals surface area contributed by atoms with Crippen molar-refractivity contribution in [1.82, 2.24) is 15.3 Å². The van der Waals surface area contributed by atoms with Gasteiger partial charge in [-0.05, 0) is 41.5 Å². The maximum atomic E-state index is 13.4. The molecule has 0 aliphatic rings. The Labute approximate surface area is 180 Å². The Balaban J connectivity index is 1.42. The molecule has 4 rings (SSSR count). The summed E-state index contributed by atoms with van der Waals surface area (Å²) in [4.78, 5) is 21.1. The van der Waals surface area contributed by atoms with E-state index in [2.05, 4.69) is 20.6 Å². The van der Waals surface area contributed by atoms with E-state index in [-0.39, 0.29) is 11.7 Å². The predicted octanol–water partition coefficient (Wildman–Crippen LogP) is 3.75. The van der Waals surface area contributed by atoms with Gasteiger partial charge in [-0.15, -0.1) is 0 Å². The monoisotopic (exact) mass is 408 g/mol. The van der Waals surface area contributed by atoms with Gasteiger partial charge in [-0.1, -0.05) is 47.9 Å². The number of halogens is 1. The SMILES string of the molecule is [B]c1ccccc1CNC(=O)c1cccc(Nc2ncc(-c3cccc(F)c3)cn2)c1. The first-order valence-corrected chi connectivity index (χ1v) is 9.65. The molecular formula is C24H18BFN4O. The van der Waals surface area contributed by atoms with E-state index in [0.29, 0.717) is 40.3 Å². The number of carbonyl (C=O) groups is 1. The summed E-state index contributed by atoms with van der Waals surface area (Å²) < 4.78 is 13.4. The lowest BCUT2D eigenvalue weighted by Crippen LogP contribution is -2.26. The molecule has 1 amide bonds. The average Bonchev–Trinajstić information content (AvgIpc) is 2.79. The van der Waals surface area contributed by atoms with Crippen molar-refractivity contribution in [1.29, 1.82) is 0 Å². The molecule has 31 heavy (non-hydrogen) atoms. The number of hydrogen-bond donors (Lipinski definition) is 2. The number of nitrogens with zero attached hydrogens (tertiary/aromatic N) is 2. The van der Waals surface area contributed by atoms with Crippen LogP contribution in [0.3, 0.4) is 0 Å². The number of benzene rings is 3. The molecule has 7 heteroatoms. The summed E-state index contributed by atoms with van der Waals surface area (Å²) in [6, 6.07) is 20.7. The summed E-state index contributed by atoms with van der Waals surface area (Å²) in [5.74, 6) is -0.159.